The summed E-state index contributed by atoms with van der Waals surface area (Å²) in [7, 11) is 3.30. The number of hydrogen-bond acceptors (Lipinski definition) is 3. The number of aliphatic carboxylic acids is 1. The highest BCUT2D eigenvalue weighted by Gasteiger charge is 2.35. The van der Waals surface area contributed by atoms with E-state index in [0.717, 1.165) is 6.42 Å². The van der Waals surface area contributed by atoms with Crippen molar-refractivity contribution in [2.75, 3.05) is 33.9 Å². The lowest BCUT2D eigenvalue weighted by Gasteiger charge is -2.28. The van der Waals surface area contributed by atoms with Gasteiger partial charge in [-0.25, -0.2) is 4.79 Å². The van der Waals surface area contributed by atoms with Gasteiger partial charge < -0.3 is 20.1 Å². The topological polar surface area (TPSA) is 78.9 Å². The minimum absolute atomic E-state index is 0.156. The van der Waals surface area contributed by atoms with Gasteiger partial charge in [-0.1, -0.05) is 13.8 Å². The van der Waals surface area contributed by atoms with E-state index in [4.69, 9.17) is 4.74 Å². The molecule has 6 heteroatoms. The second-order valence-electron chi connectivity index (χ2n) is 4.72. The van der Waals surface area contributed by atoms with Gasteiger partial charge in [-0.3, -0.25) is 4.79 Å². The van der Waals surface area contributed by atoms with Gasteiger partial charge in [-0.15, -0.1) is 0 Å². The number of urea groups is 1. The van der Waals surface area contributed by atoms with E-state index in [2.05, 4.69) is 5.32 Å². The lowest BCUT2D eigenvalue weighted by atomic mass is 9.82. The van der Waals surface area contributed by atoms with Crippen molar-refractivity contribution in [2.24, 2.45) is 5.41 Å². The van der Waals surface area contributed by atoms with Gasteiger partial charge in [0.2, 0.25) is 0 Å². The van der Waals surface area contributed by atoms with Crippen molar-refractivity contribution in [2.45, 2.75) is 33.1 Å². The van der Waals surface area contributed by atoms with E-state index >= 15 is 0 Å². The highest BCUT2D eigenvalue weighted by Crippen LogP contribution is 2.25. The first kappa shape index (κ1) is 17.7. The molecule has 0 saturated carbocycles. The van der Waals surface area contributed by atoms with Crippen LogP contribution in [0.2, 0.25) is 0 Å². The summed E-state index contributed by atoms with van der Waals surface area (Å²) < 4.78 is 4.92. The number of methoxy groups -OCH3 is 1. The van der Waals surface area contributed by atoms with Gasteiger partial charge in [0, 0.05) is 33.9 Å². The standard InChI is InChI=1S/C13H26N2O4/c1-5-13(6-2,11(16)17)10-14-12(18)15(3)8-7-9-19-4/h5-10H2,1-4H3,(H,14,18)(H,16,17). The Morgan fingerprint density at radius 1 is 1.32 bits per heavy atom. The first-order chi connectivity index (χ1) is 8.93. The average molecular weight is 274 g/mol. The number of carbonyl (C=O) groups is 2. The van der Waals surface area contributed by atoms with Crippen molar-refractivity contribution < 1.29 is 19.4 Å². The molecule has 2 N–H and O–H groups in total. The van der Waals surface area contributed by atoms with Crippen molar-refractivity contribution >= 4 is 12.0 Å². The Labute approximate surface area is 115 Å². The fourth-order valence-electron chi connectivity index (χ4n) is 1.81. The molecule has 0 saturated heterocycles. The molecular weight excluding hydrogens is 248 g/mol. The van der Waals surface area contributed by atoms with Gasteiger partial charge >= 0.3 is 12.0 Å². The maximum Gasteiger partial charge on any atom is 0.317 e. The Kier molecular flexibility index (Phi) is 8.14. The van der Waals surface area contributed by atoms with Gasteiger partial charge in [0.05, 0.1) is 5.41 Å². The summed E-state index contributed by atoms with van der Waals surface area (Å²) in [5, 5.41) is 12.0. The minimum Gasteiger partial charge on any atom is -0.481 e. The first-order valence-corrected chi connectivity index (χ1v) is 6.64. The summed E-state index contributed by atoms with van der Waals surface area (Å²) in [4.78, 5) is 24.7. The molecule has 6 nitrogen and oxygen atoms in total. The molecule has 0 radical (unpaired) electrons. The van der Waals surface area contributed by atoms with Crippen molar-refractivity contribution in [1.82, 2.24) is 10.2 Å². The Balaban J connectivity index is 4.29. The van der Waals surface area contributed by atoms with Gasteiger partial charge in [-0.05, 0) is 19.3 Å². The Bertz CT molecular complexity index is 290. The summed E-state index contributed by atoms with van der Waals surface area (Å²) in [6.07, 6.45) is 1.74. The van der Waals surface area contributed by atoms with E-state index in [0.29, 0.717) is 26.0 Å². The molecule has 19 heavy (non-hydrogen) atoms. The van der Waals surface area contributed by atoms with Crippen LogP contribution in [0.15, 0.2) is 0 Å². The molecule has 0 bridgehead atoms. The molecule has 0 atom stereocenters. The summed E-state index contributed by atoms with van der Waals surface area (Å²) in [5.74, 6) is -0.861. The van der Waals surface area contributed by atoms with E-state index in [1.54, 1.807) is 14.2 Å². The quantitative estimate of drug-likeness (QED) is 0.625. The number of ether oxygens (including phenoxy) is 1. The zero-order valence-electron chi connectivity index (χ0n) is 12.4. The van der Waals surface area contributed by atoms with Crippen LogP contribution in [0.25, 0.3) is 0 Å². The van der Waals surface area contributed by atoms with Crippen LogP contribution in [0, 0.1) is 5.41 Å². The number of nitrogens with zero attached hydrogens (tertiary/aromatic N) is 1. The largest absolute Gasteiger partial charge is 0.481 e. The predicted molar refractivity (Wildman–Crippen MR) is 73.2 cm³/mol. The molecule has 0 fully saturated rings. The lowest BCUT2D eigenvalue weighted by Crippen LogP contribution is -2.46. The third kappa shape index (κ3) is 5.46. The normalized spacial score (nSPS) is 11.2. The number of rotatable bonds is 9. The van der Waals surface area contributed by atoms with E-state index < -0.39 is 11.4 Å². The molecule has 0 rings (SSSR count). The summed E-state index contributed by atoms with van der Waals surface area (Å²) in [6.45, 7) is 4.99. The second kappa shape index (κ2) is 8.74. The Morgan fingerprint density at radius 3 is 2.32 bits per heavy atom. The summed E-state index contributed by atoms with van der Waals surface area (Å²) in [6, 6.07) is -0.247. The van der Waals surface area contributed by atoms with Crippen molar-refractivity contribution in [1.29, 1.82) is 0 Å². The van der Waals surface area contributed by atoms with Gasteiger partial charge in [0.25, 0.3) is 0 Å². The zero-order valence-corrected chi connectivity index (χ0v) is 12.4. The smallest absolute Gasteiger partial charge is 0.317 e. The molecule has 0 spiro atoms. The van der Waals surface area contributed by atoms with Crippen LogP contribution in [0.1, 0.15) is 33.1 Å². The number of nitrogens with one attached hydrogen (secondary N) is 1. The number of carboxylic acids is 1. The molecule has 0 aromatic carbocycles. The fourth-order valence-corrected chi connectivity index (χ4v) is 1.81. The summed E-state index contributed by atoms with van der Waals surface area (Å²) >= 11 is 0. The molecule has 0 unspecified atom stereocenters. The SMILES string of the molecule is CCC(CC)(CNC(=O)N(C)CCCOC)C(=O)O. The molecule has 0 aliphatic heterocycles. The van der Waals surface area contributed by atoms with Gasteiger partial charge in [0.1, 0.15) is 0 Å². The lowest BCUT2D eigenvalue weighted by molar-refractivity contribution is -0.149. The van der Waals surface area contributed by atoms with Crippen LogP contribution >= 0.6 is 0 Å². The van der Waals surface area contributed by atoms with Crippen LogP contribution in [0.4, 0.5) is 4.79 Å². The molecule has 0 aliphatic carbocycles. The van der Waals surface area contributed by atoms with Gasteiger partial charge in [-0.2, -0.15) is 0 Å². The van der Waals surface area contributed by atoms with Crippen molar-refractivity contribution in [3.05, 3.63) is 0 Å². The maximum atomic E-state index is 11.8. The zero-order chi connectivity index (χ0) is 14.9. The highest BCUT2D eigenvalue weighted by atomic mass is 16.5. The Morgan fingerprint density at radius 2 is 1.89 bits per heavy atom. The monoisotopic (exact) mass is 274 g/mol. The molecule has 0 aliphatic rings. The molecule has 2 amide bonds. The van der Waals surface area contributed by atoms with E-state index in [1.807, 2.05) is 13.8 Å². The molecule has 0 aromatic heterocycles. The van der Waals surface area contributed by atoms with Crippen LogP contribution < -0.4 is 5.32 Å². The number of hydrogen-bond donors (Lipinski definition) is 2. The molecule has 0 heterocycles. The molecular formula is C13H26N2O4. The van der Waals surface area contributed by atoms with Crippen molar-refractivity contribution in [3.8, 4) is 0 Å². The third-order valence-corrected chi connectivity index (χ3v) is 3.57. The number of carbonyl (C=O) groups excluding carboxylic acids is 1. The Hall–Kier alpha value is -1.30. The first-order valence-electron chi connectivity index (χ1n) is 6.64. The van der Waals surface area contributed by atoms with Gasteiger partial charge in [0.15, 0.2) is 0 Å². The van der Waals surface area contributed by atoms with E-state index in [-0.39, 0.29) is 12.6 Å². The van der Waals surface area contributed by atoms with E-state index in [1.165, 1.54) is 4.90 Å². The minimum atomic E-state index is -0.872. The molecule has 112 valence electrons. The maximum absolute atomic E-state index is 11.8. The van der Waals surface area contributed by atoms with Crippen molar-refractivity contribution in [3.63, 3.8) is 0 Å². The summed E-state index contributed by atoms with van der Waals surface area (Å²) in [5.41, 5.74) is -0.872. The second-order valence-corrected chi connectivity index (χ2v) is 4.72. The third-order valence-electron chi connectivity index (χ3n) is 3.57. The molecule has 0 aromatic rings. The fraction of sp³-hybridized carbons (Fsp3) is 0.846. The predicted octanol–water partition coefficient (Wildman–Crippen LogP) is 1.56. The van der Waals surface area contributed by atoms with E-state index in [9.17, 15) is 14.7 Å². The highest BCUT2D eigenvalue weighted by molar-refractivity contribution is 5.78. The number of carboxylic acid groups (broad SMARTS) is 1. The van der Waals surface area contributed by atoms with Crippen LogP contribution in [0.3, 0.4) is 0 Å². The average Bonchev–Trinajstić information content (AvgIpc) is 2.40. The van der Waals surface area contributed by atoms with Crippen LogP contribution in [-0.4, -0.2) is 55.9 Å². The number of amides is 2. The van der Waals surface area contributed by atoms with Crippen LogP contribution in [0.5, 0.6) is 0 Å². The van der Waals surface area contributed by atoms with Crippen LogP contribution in [-0.2, 0) is 9.53 Å².